The highest BCUT2D eigenvalue weighted by molar-refractivity contribution is 5.64. The van der Waals surface area contributed by atoms with Gasteiger partial charge >= 0.3 is 0 Å². The van der Waals surface area contributed by atoms with E-state index in [0.717, 1.165) is 0 Å². The first-order chi connectivity index (χ1) is 9.97. The molecule has 9 nitrogen and oxygen atoms in total. The molecular weight excluding hydrogens is 284 g/mol. The molecule has 1 saturated heterocycles. The molecule has 21 heavy (non-hydrogen) atoms. The van der Waals surface area contributed by atoms with Crippen LogP contribution in [0.4, 0.5) is 11.4 Å². The lowest BCUT2D eigenvalue weighted by atomic mass is 10.1. The maximum Gasteiger partial charge on any atom is 0.296 e. The third-order valence-electron chi connectivity index (χ3n) is 3.24. The lowest BCUT2D eigenvalue weighted by Gasteiger charge is -2.17. The van der Waals surface area contributed by atoms with Crippen molar-refractivity contribution in [3.8, 4) is 5.75 Å². The van der Waals surface area contributed by atoms with Crippen LogP contribution in [0.15, 0.2) is 18.2 Å². The first-order valence-electron chi connectivity index (χ1n) is 6.19. The fourth-order valence-electron chi connectivity index (χ4n) is 2.08. The van der Waals surface area contributed by atoms with Crippen LogP contribution in [0.3, 0.4) is 0 Å². The van der Waals surface area contributed by atoms with Gasteiger partial charge < -0.3 is 30.1 Å². The molecule has 0 bridgehead atoms. The minimum absolute atomic E-state index is 0.107. The van der Waals surface area contributed by atoms with Crippen molar-refractivity contribution in [3.05, 3.63) is 28.3 Å². The summed E-state index contributed by atoms with van der Waals surface area (Å²) in [7, 11) is 1.39. The van der Waals surface area contributed by atoms with Crippen molar-refractivity contribution in [3.63, 3.8) is 0 Å². The van der Waals surface area contributed by atoms with Gasteiger partial charge in [0, 0.05) is 0 Å². The third kappa shape index (κ3) is 3.05. The zero-order chi connectivity index (χ0) is 15.6. The van der Waals surface area contributed by atoms with Crippen molar-refractivity contribution >= 4 is 11.4 Å². The second-order valence-corrected chi connectivity index (χ2v) is 4.54. The topological polar surface area (TPSA) is 134 Å². The van der Waals surface area contributed by atoms with Gasteiger partial charge in [-0.25, -0.2) is 0 Å². The van der Waals surface area contributed by atoms with Crippen LogP contribution in [0, 0.1) is 10.1 Å². The number of anilines is 1. The number of ether oxygens (including phenoxy) is 2. The molecule has 116 valence electrons. The van der Waals surface area contributed by atoms with Crippen LogP contribution >= 0.6 is 0 Å². The van der Waals surface area contributed by atoms with Crippen molar-refractivity contribution in [1.29, 1.82) is 0 Å². The Balaban J connectivity index is 2.22. The van der Waals surface area contributed by atoms with Crippen molar-refractivity contribution in [1.82, 2.24) is 0 Å². The Morgan fingerprint density at radius 3 is 2.67 bits per heavy atom. The number of nitrogens with zero attached hydrogens (tertiary/aromatic N) is 1. The average Bonchev–Trinajstić information content (AvgIpc) is 2.75. The number of rotatable bonds is 5. The normalized spacial score (nSPS) is 28.4. The van der Waals surface area contributed by atoms with E-state index >= 15 is 0 Å². The number of hydrogen-bond acceptors (Lipinski definition) is 8. The fourth-order valence-corrected chi connectivity index (χ4v) is 2.08. The molecule has 0 spiro atoms. The van der Waals surface area contributed by atoms with Gasteiger partial charge in [0.15, 0.2) is 6.23 Å². The summed E-state index contributed by atoms with van der Waals surface area (Å²) in [5, 5.41) is 42.1. The summed E-state index contributed by atoms with van der Waals surface area (Å²) in [4.78, 5) is 10.4. The lowest BCUT2D eigenvalue weighted by Crippen LogP contribution is -2.36. The summed E-state index contributed by atoms with van der Waals surface area (Å²) in [5.41, 5.74) is -0.150. The van der Waals surface area contributed by atoms with E-state index in [4.69, 9.17) is 14.6 Å². The van der Waals surface area contributed by atoms with Gasteiger partial charge in [0.2, 0.25) is 0 Å². The predicted molar refractivity (Wildman–Crippen MR) is 71.0 cm³/mol. The molecule has 2 rings (SSSR count). The Morgan fingerprint density at radius 2 is 2.14 bits per heavy atom. The van der Waals surface area contributed by atoms with Gasteiger partial charge in [-0.1, -0.05) is 0 Å². The van der Waals surface area contributed by atoms with Crippen molar-refractivity contribution < 1.29 is 29.7 Å². The summed E-state index contributed by atoms with van der Waals surface area (Å²) >= 11 is 0. The van der Waals surface area contributed by atoms with Gasteiger partial charge in [0.05, 0.1) is 24.7 Å². The number of aliphatic hydroxyl groups excluding tert-OH is 3. The highest BCUT2D eigenvalue weighted by atomic mass is 16.6. The highest BCUT2D eigenvalue weighted by Gasteiger charge is 2.42. The Bertz CT molecular complexity index is 524. The second kappa shape index (κ2) is 6.22. The minimum Gasteiger partial charge on any atom is -0.496 e. The fraction of sp³-hybridized carbons (Fsp3) is 0.500. The molecular formula is C12H16N2O7. The number of hydrogen-bond donors (Lipinski definition) is 4. The standard InChI is InChI=1S/C12H16N2O7/c1-20-6-2-3-7(8(4-6)14(18)19)13-12-11(17)10(16)9(5-15)21-12/h2-4,9-13,15-17H,5H2,1H3/t9-,10+,11+,12-/m0/s1. The van der Waals surface area contributed by atoms with Crippen molar-refractivity contribution in [2.45, 2.75) is 24.5 Å². The average molecular weight is 300 g/mol. The molecule has 4 N–H and O–H groups in total. The van der Waals surface area contributed by atoms with Gasteiger partial charge in [0.25, 0.3) is 5.69 Å². The zero-order valence-electron chi connectivity index (χ0n) is 11.2. The summed E-state index contributed by atoms with van der Waals surface area (Å²) in [5.74, 6) is 0.313. The predicted octanol–water partition coefficient (Wildman–Crippen LogP) is -0.546. The Kier molecular flexibility index (Phi) is 4.58. The van der Waals surface area contributed by atoms with Crippen LogP contribution in [-0.2, 0) is 4.74 Å². The number of nitrogens with one attached hydrogen (secondary N) is 1. The van der Waals surface area contributed by atoms with E-state index in [1.54, 1.807) is 0 Å². The molecule has 0 unspecified atom stereocenters. The summed E-state index contributed by atoms with van der Waals surface area (Å²) in [6, 6.07) is 4.14. The molecule has 9 heteroatoms. The number of nitro benzene ring substituents is 1. The molecule has 1 aliphatic rings. The smallest absolute Gasteiger partial charge is 0.296 e. The molecule has 0 aliphatic carbocycles. The van der Waals surface area contributed by atoms with Gasteiger partial charge in [-0.15, -0.1) is 0 Å². The minimum atomic E-state index is -1.32. The Morgan fingerprint density at radius 1 is 1.43 bits per heavy atom. The molecule has 1 fully saturated rings. The molecule has 1 aromatic rings. The Labute approximate surface area is 119 Å². The molecule has 4 atom stereocenters. The van der Waals surface area contributed by atoms with E-state index in [2.05, 4.69) is 5.32 Å². The number of benzene rings is 1. The summed E-state index contributed by atoms with van der Waals surface area (Å²) in [6.45, 7) is -0.471. The molecule has 0 aromatic heterocycles. The summed E-state index contributed by atoms with van der Waals surface area (Å²) in [6.07, 6.45) is -4.60. The molecule has 1 heterocycles. The first kappa shape index (κ1) is 15.4. The molecule has 1 aliphatic heterocycles. The maximum absolute atomic E-state index is 11.0. The van der Waals surface area contributed by atoms with E-state index < -0.39 is 36.1 Å². The molecule has 0 saturated carbocycles. The molecule has 1 aromatic carbocycles. The van der Waals surface area contributed by atoms with Crippen LogP contribution in [-0.4, -0.2) is 58.5 Å². The van der Waals surface area contributed by atoms with E-state index in [1.807, 2.05) is 0 Å². The highest BCUT2D eigenvalue weighted by Crippen LogP contribution is 2.31. The van der Waals surface area contributed by atoms with Crippen LogP contribution < -0.4 is 10.1 Å². The zero-order valence-corrected chi connectivity index (χ0v) is 11.2. The van der Waals surface area contributed by atoms with Crippen molar-refractivity contribution in [2.75, 3.05) is 19.0 Å². The van der Waals surface area contributed by atoms with E-state index in [1.165, 1.54) is 25.3 Å². The van der Waals surface area contributed by atoms with Gasteiger partial charge in [-0.05, 0) is 12.1 Å². The van der Waals surface area contributed by atoms with Crippen LogP contribution in [0.25, 0.3) is 0 Å². The van der Waals surface area contributed by atoms with Crippen molar-refractivity contribution in [2.24, 2.45) is 0 Å². The van der Waals surface area contributed by atoms with Crippen LogP contribution in [0.2, 0.25) is 0 Å². The number of methoxy groups -OCH3 is 1. The first-order valence-corrected chi connectivity index (χ1v) is 6.19. The molecule has 0 radical (unpaired) electrons. The van der Waals surface area contributed by atoms with Crippen LogP contribution in [0.5, 0.6) is 5.75 Å². The van der Waals surface area contributed by atoms with E-state index in [-0.39, 0.29) is 11.4 Å². The molecule has 0 amide bonds. The maximum atomic E-state index is 11.0. The monoisotopic (exact) mass is 300 g/mol. The number of nitro groups is 1. The van der Waals surface area contributed by atoms with Gasteiger partial charge in [-0.3, -0.25) is 10.1 Å². The Hall–Kier alpha value is -1.94. The third-order valence-corrected chi connectivity index (χ3v) is 3.24. The lowest BCUT2D eigenvalue weighted by molar-refractivity contribution is -0.384. The van der Waals surface area contributed by atoms with Crippen LogP contribution in [0.1, 0.15) is 0 Å². The number of aliphatic hydroxyl groups is 3. The van der Waals surface area contributed by atoms with Gasteiger partial charge in [0.1, 0.15) is 29.7 Å². The SMILES string of the molecule is COc1ccc(N[C@H]2O[C@@H](CO)[C@@H](O)[C@H]2O)c([N+](=O)[O-])c1. The van der Waals surface area contributed by atoms with Gasteiger partial charge in [-0.2, -0.15) is 0 Å². The summed E-state index contributed by atoms with van der Waals surface area (Å²) < 4.78 is 10.1. The second-order valence-electron chi connectivity index (χ2n) is 4.54. The van der Waals surface area contributed by atoms with E-state index in [9.17, 15) is 20.3 Å². The quantitative estimate of drug-likeness (QED) is 0.420. The van der Waals surface area contributed by atoms with E-state index in [0.29, 0.717) is 5.75 Å². The largest absolute Gasteiger partial charge is 0.496 e.